The van der Waals surface area contributed by atoms with Crippen molar-refractivity contribution in [2.45, 2.75) is 38.1 Å². The smallest absolute Gasteiger partial charge is 0.0947 e. The Morgan fingerprint density at radius 2 is 2.25 bits per heavy atom. The van der Waals surface area contributed by atoms with Crippen molar-refractivity contribution in [3.05, 3.63) is 29.9 Å². The standard InChI is InChI=1S/C13H21N3/c1-14-13(12-9-16(2)10-15-12)11-7-5-3-4-6-8-11/h7,9-10,13-14H,3-6,8H2,1-2H3. The topological polar surface area (TPSA) is 29.9 Å². The zero-order valence-electron chi connectivity index (χ0n) is 10.2. The average molecular weight is 219 g/mol. The normalized spacial score (nSPS) is 19.0. The fourth-order valence-corrected chi connectivity index (χ4v) is 2.41. The van der Waals surface area contributed by atoms with Crippen LogP contribution in [0, 0.1) is 0 Å². The summed E-state index contributed by atoms with van der Waals surface area (Å²) in [5.74, 6) is 0. The fourth-order valence-electron chi connectivity index (χ4n) is 2.41. The molecule has 1 aliphatic carbocycles. The number of imidazole rings is 1. The first-order valence-electron chi connectivity index (χ1n) is 6.15. The molecule has 0 aromatic carbocycles. The van der Waals surface area contributed by atoms with Gasteiger partial charge in [-0.1, -0.05) is 18.1 Å². The molecule has 1 aromatic heterocycles. The Hall–Kier alpha value is -1.09. The van der Waals surface area contributed by atoms with Crippen LogP contribution in [0.15, 0.2) is 24.2 Å². The van der Waals surface area contributed by atoms with Crippen molar-refractivity contribution in [1.29, 1.82) is 0 Å². The van der Waals surface area contributed by atoms with E-state index >= 15 is 0 Å². The van der Waals surface area contributed by atoms with Crippen LogP contribution in [0.5, 0.6) is 0 Å². The highest BCUT2D eigenvalue weighted by molar-refractivity contribution is 5.21. The monoisotopic (exact) mass is 219 g/mol. The summed E-state index contributed by atoms with van der Waals surface area (Å²) in [7, 11) is 4.04. The van der Waals surface area contributed by atoms with E-state index in [2.05, 4.69) is 22.6 Å². The van der Waals surface area contributed by atoms with E-state index in [0.29, 0.717) is 6.04 Å². The molecular weight excluding hydrogens is 198 g/mol. The van der Waals surface area contributed by atoms with Gasteiger partial charge in [-0.25, -0.2) is 4.98 Å². The third-order valence-electron chi connectivity index (χ3n) is 3.26. The minimum Gasteiger partial charge on any atom is -0.340 e. The van der Waals surface area contributed by atoms with Crippen LogP contribution in [-0.4, -0.2) is 16.6 Å². The van der Waals surface area contributed by atoms with Gasteiger partial charge in [0.2, 0.25) is 0 Å². The summed E-state index contributed by atoms with van der Waals surface area (Å²) in [6.07, 6.45) is 12.8. The number of aromatic nitrogens is 2. The van der Waals surface area contributed by atoms with Crippen LogP contribution >= 0.6 is 0 Å². The number of hydrogen-bond acceptors (Lipinski definition) is 2. The number of nitrogens with one attached hydrogen (secondary N) is 1. The Morgan fingerprint density at radius 3 is 2.94 bits per heavy atom. The number of allylic oxidation sites excluding steroid dienone is 1. The third-order valence-corrected chi connectivity index (χ3v) is 3.26. The molecular formula is C13H21N3. The second-order valence-electron chi connectivity index (χ2n) is 4.56. The van der Waals surface area contributed by atoms with Gasteiger partial charge in [0.25, 0.3) is 0 Å². The van der Waals surface area contributed by atoms with Crippen molar-refractivity contribution in [3.63, 3.8) is 0 Å². The van der Waals surface area contributed by atoms with Crippen LogP contribution in [0.4, 0.5) is 0 Å². The summed E-state index contributed by atoms with van der Waals surface area (Å²) in [5, 5.41) is 3.39. The van der Waals surface area contributed by atoms with Crippen molar-refractivity contribution in [3.8, 4) is 0 Å². The van der Waals surface area contributed by atoms with Crippen molar-refractivity contribution in [2.24, 2.45) is 7.05 Å². The van der Waals surface area contributed by atoms with Crippen molar-refractivity contribution >= 4 is 0 Å². The lowest BCUT2D eigenvalue weighted by atomic mass is 10.00. The predicted octanol–water partition coefficient (Wildman–Crippen LogP) is 2.57. The van der Waals surface area contributed by atoms with Gasteiger partial charge in [-0.3, -0.25) is 0 Å². The molecule has 1 N–H and O–H groups in total. The fraction of sp³-hybridized carbons (Fsp3) is 0.615. The Balaban J connectivity index is 2.18. The van der Waals surface area contributed by atoms with E-state index in [4.69, 9.17) is 0 Å². The molecule has 1 heterocycles. The maximum absolute atomic E-state index is 4.45. The maximum atomic E-state index is 4.45. The molecule has 0 saturated heterocycles. The minimum atomic E-state index is 0.305. The summed E-state index contributed by atoms with van der Waals surface area (Å²) in [6, 6.07) is 0.305. The van der Waals surface area contributed by atoms with Crippen LogP contribution in [0.2, 0.25) is 0 Å². The molecule has 3 nitrogen and oxygen atoms in total. The number of nitrogens with zero attached hydrogens (tertiary/aromatic N) is 2. The Labute approximate surface area is 97.6 Å². The van der Waals surface area contributed by atoms with Crippen LogP contribution in [0.3, 0.4) is 0 Å². The zero-order valence-corrected chi connectivity index (χ0v) is 10.2. The Kier molecular flexibility index (Phi) is 3.78. The zero-order chi connectivity index (χ0) is 11.4. The highest BCUT2D eigenvalue weighted by atomic mass is 15.0. The first-order valence-corrected chi connectivity index (χ1v) is 6.15. The highest BCUT2D eigenvalue weighted by Gasteiger charge is 2.17. The van der Waals surface area contributed by atoms with Gasteiger partial charge in [-0.15, -0.1) is 0 Å². The van der Waals surface area contributed by atoms with Crippen molar-refractivity contribution < 1.29 is 0 Å². The molecule has 0 aliphatic heterocycles. The highest BCUT2D eigenvalue weighted by Crippen LogP contribution is 2.27. The lowest BCUT2D eigenvalue weighted by Gasteiger charge is -2.17. The summed E-state index contributed by atoms with van der Waals surface area (Å²) in [5.41, 5.74) is 2.65. The van der Waals surface area contributed by atoms with Gasteiger partial charge in [0.05, 0.1) is 18.1 Å². The van der Waals surface area contributed by atoms with Gasteiger partial charge in [-0.2, -0.15) is 0 Å². The second kappa shape index (κ2) is 5.30. The molecule has 0 fully saturated rings. The SMILES string of the molecule is CNC(C1=CCCCCC1)c1cn(C)cn1. The van der Waals surface area contributed by atoms with Gasteiger partial charge in [0.1, 0.15) is 0 Å². The Bertz CT molecular complexity index is 365. The molecule has 0 amide bonds. The minimum absolute atomic E-state index is 0.305. The average Bonchev–Trinajstić information content (AvgIpc) is 2.55. The first-order chi connectivity index (χ1) is 7.81. The second-order valence-corrected chi connectivity index (χ2v) is 4.56. The summed E-state index contributed by atoms with van der Waals surface area (Å²) < 4.78 is 2.01. The first kappa shape index (κ1) is 11.4. The quantitative estimate of drug-likeness (QED) is 0.792. The Morgan fingerprint density at radius 1 is 1.38 bits per heavy atom. The van der Waals surface area contributed by atoms with Gasteiger partial charge in [0.15, 0.2) is 0 Å². The largest absolute Gasteiger partial charge is 0.340 e. The molecule has 1 aliphatic rings. The van der Waals surface area contributed by atoms with Crippen LogP contribution < -0.4 is 5.32 Å². The van der Waals surface area contributed by atoms with E-state index in [1.807, 2.05) is 25.0 Å². The molecule has 0 bridgehead atoms. The van der Waals surface area contributed by atoms with Crippen molar-refractivity contribution in [1.82, 2.24) is 14.9 Å². The molecule has 16 heavy (non-hydrogen) atoms. The number of rotatable bonds is 3. The molecule has 1 atom stereocenters. The van der Waals surface area contributed by atoms with Crippen LogP contribution in [0.25, 0.3) is 0 Å². The number of hydrogen-bond donors (Lipinski definition) is 1. The maximum Gasteiger partial charge on any atom is 0.0947 e. The van der Waals surface area contributed by atoms with E-state index in [0.717, 1.165) is 5.69 Å². The van der Waals surface area contributed by atoms with Gasteiger partial charge < -0.3 is 9.88 Å². The van der Waals surface area contributed by atoms with Gasteiger partial charge in [-0.05, 0) is 32.7 Å². The number of likely N-dealkylation sites (N-methyl/N-ethyl adjacent to an activating group) is 1. The molecule has 1 aromatic rings. The lowest BCUT2D eigenvalue weighted by molar-refractivity contribution is 0.617. The van der Waals surface area contributed by atoms with Gasteiger partial charge >= 0.3 is 0 Å². The summed E-state index contributed by atoms with van der Waals surface area (Å²) in [4.78, 5) is 4.45. The van der Waals surface area contributed by atoms with E-state index in [1.54, 1.807) is 0 Å². The molecule has 2 rings (SSSR count). The molecule has 3 heteroatoms. The van der Waals surface area contributed by atoms with E-state index in [9.17, 15) is 0 Å². The lowest BCUT2D eigenvalue weighted by Crippen LogP contribution is -2.19. The molecule has 0 radical (unpaired) electrons. The molecule has 0 saturated carbocycles. The number of aryl methyl sites for hydroxylation is 1. The third kappa shape index (κ3) is 2.53. The predicted molar refractivity (Wildman–Crippen MR) is 66.2 cm³/mol. The van der Waals surface area contributed by atoms with Crippen LogP contribution in [-0.2, 0) is 7.05 Å². The van der Waals surface area contributed by atoms with E-state index in [-0.39, 0.29) is 0 Å². The molecule has 88 valence electrons. The summed E-state index contributed by atoms with van der Waals surface area (Å²) in [6.45, 7) is 0. The van der Waals surface area contributed by atoms with Crippen molar-refractivity contribution in [2.75, 3.05) is 7.05 Å². The van der Waals surface area contributed by atoms with E-state index in [1.165, 1.54) is 37.7 Å². The van der Waals surface area contributed by atoms with E-state index < -0.39 is 0 Å². The van der Waals surface area contributed by atoms with Gasteiger partial charge in [0, 0.05) is 13.2 Å². The van der Waals surface area contributed by atoms with Crippen LogP contribution in [0.1, 0.15) is 43.8 Å². The molecule has 1 unspecified atom stereocenters. The molecule has 0 spiro atoms. The summed E-state index contributed by atoms with van der Waals surface area (Å²) >= 11 is 0.